The molecule has 3 N–H and O–H groups in total. The van der Waals surface area contributed by atoms with Gasteiger partial charge in [0, 0.05) is 18.2 Å². The number of carbonyl (C=O) groups excluding carboxylic acids is 1. The van der Waals surface area contributed by atoms with Crippen LogP contribution in [0.15, 0.2) is 24.3 Å². The number of hydrogen-bond acceptors (Lipinski definition) is 3. The van der Waals surface area contributed by atoms with E-state index in [9.17, 15) is 9.90 Å². The zero-order valence-corrected chi connectivity index (χ0v) is 9.78. The molecule has 0 saturated carbocycles. The molecule has 1 aliphatic heterocycles. The van der Waals surface area contributed by atoms with Crippen molar-refractivity contribution in [1.82, 2.24) is 10.6 Å². The van der Waals surface area contributed by atoms with Gasteiger partial charge >= 0.3 is 0 Å². The number of amides is 1. The largest absolute Gasteiger partial charge is 0.508 e. The Hall–Kier alpha value is -1.55. The summed E-state index contributed by atoms with van der Waals surface area (Å²) >= 11 is 0. The number of aromatic hydroxyl groups is 1. The summed E-state index contributed by atoms with van der Waals surface area (Å²) in [6.07, 6.45) is 2.37. The fraction of sp³-hybridized carbons (Fsp3) is 0.462. The molecule has 2 rings (SSSR count). The van der Waals surface area contributed by atoms with Crippen molar-refractivity contribution in [2.45, 2.75) is 25.3 Å². The third-order valence-electron chi connectivity index (χ3n) is 3.00. The maximum Gasteiger partial charge on any atom is 0.224 e. The molecule has 0 spiro atoms. The molecule has 92 valence electrons. The molecule has 1 fully saturated rings. The van der Waals surface area contributed by atoms with Gasteiger partial charge in [-0.3, -0.25) is 4.79 Å². The highest BCUT2D eigenvalue weighted by Gasteiger charge is 2.15. The number of phenols is 1. The second-order valence-electron chi connectivity index (χ2n) is 4.42. The third kappa shape index (κ3) is 3.46. The first-order valence-electron chi connectivity index (χ1n) is 6.02. The molecule has 1 saturated heterocycles. The van der Waals surface area contributed by atoms with Crippen LogP contribution in [0.25, 0.3) is 0 Å². The Bertz CT molecular complexity index is 387. The first-order valence-corrected chi connectivity index (χ1v) is 6.02. The van der Waals surface area contributed by atoms with Crippen LogP contribution in [0, 0.1) is 0 Å². The summed E-state index contributed by atoms with van der Waals surface area (Å²) in [6.45, 7) is 1.87. The molecular weight excluding hydrogens is 216 g/mol. The Balaban J connectivity index is 1.86. The second kappa shape index (κ2) is 5.68. The Morgan fingerprint density at radius 3 is 3.00 bits per heavy atom. The average Bonchev–Trinajstić information content (AvgIpc) is 2.33. The minimum Gasteiger partial charge on any atom is -0.508 e. The van der Waals surface area contributed by atoms with Gasteiger partial charge in [0.1, 0.15) is 5.75 Å². The van der Waals surface area contributed by atoms with Crippen LogP contribution >= 0.6 is 0 Å². The molecule has 0 bridgehead atoms. The van der Waals surface area contributed by atoms with Gasteiger partial charge in [-0.05, 0) is 25.5 Å². The predicted molar refractivity (Wildman–Crippen MR) is 65.8 cm³/mol. The lowest BCUT2D eigenvalue weighted by Gasteiger charge is -2.23. The van der Waals surface area contributed by atoms with Gasteiger partial charge in [0.25, 0.3) is 0 Å². The van der Waals surface area contributed by atoms with Crippen LogP contribution in [-0.2, 0) is 11.2 Å². The van der Waals surface area contributed by atoms with Crippen molar-refractivity contribution >= 4 is 5.91 Å². The summed E-state index contributed by atoms with van der Waals surface area (Å²) in [5.41, 5.74) is 0.675. The highest BCUT2D eigenvalue weighted by atomic mass is 16.3. The monoisotopic (exact) mass is 234 g/mol. The van der Waals surface area contributed by atoms with Gasteiger partial charge in [0.05, 0.1) is 6.42 Å². The molecule has 0 unspecified atom stereocenters. The van der Waals surface area contributed by atoms with Crippen molar-refractivity contribution in [3.63, 3.8) is 0 Å². The number of benzene rings is 1. The number of piperidine rings is 1. The van der Waals surface area contributed by atoms with Gasteiger partial charge in [-0.2, -0.15) is 0 Å². The van der Waals surface area contributed by atoms with Crippen LogP contribution in [0.5, 0.6) is 5.75 Å². The normalized spacial score (nSPS) is 19.9. The summed E-state index contributed by atoms with van der Waals surface area (Å²) in [5, 5.41) is 15.8. The quantitative estimate of drug-likeness (QED) is 0.725. The number of carbonyl (C=O) groups is 1. The van der Waals surface area contributed by atoms with Gasteiger partial charge in [-0.25, -0.2) is 0 Å². The van der Waals surface area contributed by atoms with Crippen LogP contribution < -0.4 is 10.6 Å². The van der Waals surface area contributed by atoms with E-state index in [2.05, 4.69) is 10.6 Å². The molecule has 4 nitrogen and oxygen atoms in total. The average molecular weight is 234 g/mol. The number of para-hydroxylation sites is 1. The first kappa shape index (κ1) is 11.9. The maximum atomic E-state index is 11.8. The zero-order valence-electron chi connectivity index (χ0n) is 9.78. The SMILES string of the molecule is O=C(Cc1ccccc1O)N[C@H]1CCCNC1. The number of rotatable bonds is 3. The maximum absolute atomic E-state index is 11.8. The number of phenolic OH excluding ortho intramolecular Hbond substituents is 1. The van der Waals surface area contributed by atoms with Gasteiger partial charge < -0.3 is 15.7 Å². The lowest BCUT2D eigenvalue weighted by Crippen LogP contribution is -2.46. The first-order chi connectivity index (χ1) is 8.25. The van der Waals surface area contributed by atoms with E-state index in [0.717, 1.165) is 25.9 Å². The van der Waals surface area contributed by atoms with E-state index in [0.29, 0.717) is 5.56 Å². The van der Waals surface area contributed by atoms with Crippen molar-refractivity contribution in [2.75, 3.05) is 13.1 Å². The highest BCUT2D eigenvalue weighted by molar-refractivity contribution is 5.79. The summed E-state index contributed by atoms with van der Waals surface area (Å²) in [7, 11) is 0. The van der Waals surface area contributed by atoms with Gasteiger partial charge in [-0.1, -0.05) is 18.2 Å². The molecule has 0 aliphatic carbocycles. The molecule has 0 aromatic heterocycles. The Morgan fingerprint density at radius 1 is 1.47 bits per heavy atom. The molecule has 1 heterocycles. The second-order valence-corrected chi connectivity index (χ2v) is 4.42. The summed E-state index contributed by atoms with van der Waals surface area (Å²) in [4.78, 5) is 11.8. The minimum atomic E-state index is -0.0276. The molecule has 1 aromatic carbocycles. The number of nitrogens with one attached hydrogen (secondary N) is 2. The highest BCUT2D eigenvalue weighted by Crippen LogP contribution is 2.16. The molecule has 0 radical (unpaired) electrons. The van der Waals surface area contributed by atoms with Crippen LogP contribution in [-0.4, -0.2) is 30.1 Å². The molecule has 1 amide bonds. The fourth-order valence-electron chi connectivity index (χ4n) is 2.09. The van der Waals surface area contributed by atoms with Crippen molar-refractivity contribution in [2.24, 2.45) is 0 Å². The van der Waals surface area contributed by atoms with E-state index in [1.54, 1.807) is 18.2 Å². The smallest absolute Gasteiger partial charge is 0.224 e. The van der Waals surface area contributed by atoms with E-state index in [1.165, 1.54) is 0 Å². The van der Waals surface area contributed by atoms with E-state index in [4.69, 9.17) is 0 Å². The Kier molecular flexibility index (Phi) is 3.98. The number of hydrogen-bond donors (Lipinski definition) is 3. The Morgan fingerprint density at radius 2 is 2.29 bits per heavy atom. The molecule has 1 aromatic rings. The Labute approximate surface area is 101 Å². The molecule has 1 atom stereocenters. The summed E-state index contributed by atoms with van der Waals surface area (Å²) < 4.78 is 0. The molecular formula is C13H18N2O2. The third-order valence-corrected chi connectivity index (χ3v) is 3.00. The molecule has 4 heteroatoms. The molecule has 17 heavy (non-hydrogen) atoms. The standard InChI is InChI=1S/C13H18N2O2/c16-12-6-2-1-4-10(12)8-13(17)15-11-5-3-7-14-9-11/h1-2,4,6,11,14,16H,3,5,7-9H2,(H,15,17)/t11-/m0/s1. The van der Waals surface area contributed by atoms with Crippen LogP contribution in [0.3, 0.4) is 0 Å². The van der Waals surface area contributed by atoms with Crippen LogP contribution in [0.1, 0.15) is 18.4 Å². The minimum absolute atomic E-state index is 0.0276. The topological polar surface area (TPSA) is 61.4 Å². The molecule has 1 aliphatic rings. The lowest BCUT2D eigenvalue weighted by molar-refractivity contribution is -0.121. The van der Waals surface area contributed by atoms with Crippen molar-refractivity contribution in [1.29, 1.82) is 0 Å². The van der Waals surface area contributed by atoms with Crippen molar-refractivity contribution in [3.8, 4) is 5.75 Å². The van der Waals surface area contributed by atoms with Crippen molar-refractivity contribution in [3.05, 3.63) is 29.8 Å². The summed E-state index contributed by atoms with van der Waals surface area (Å²) in [5.74, 6) is 0.157. The van der Waals surface area contributed by atoms with E-state index >= 15 is 0 Å². The van der Waals surface area contributed by atoms with E-state index in [1.807, 2.05) is 6.07 Å². The van der Waals surface area contributed by atoms with Gasteiger partial charge in [-0.15, -0.1) is 0 Å². The zero-order chi connectivity index (χ0) is 12.1. The fourth-order valence-corrected chi connectivity index (χ4v) is 2.09. The van der Waals surface area contributed by atoms with Crippen molar-refractivity contribution < 1.29 is 9.90 Å². The van der Waals surface area contributed by atoms with E-state index in [-0.39, 0.29) is 24.1 Å². The van der Waals surface area contributed by atoms with Crippen LogP contribution in [0.4, 0.5) is 0 Å². The summed E-state index contributed by atoms with van der Waals surface area (Å²) in [6, 6.07) is 7.17. The lowest BCUT2D eigenvalue weighted by atomic mass is 10.1. The predicted octanol–water partition coefficient (Wildman–Crippen LogP) is 0.803. The van der Waals surface area contributed by atoms with Gasteiger partial charge in [0.15, 0.2) is 0 Å². The van der Waals surface area contributed by atoms with Gasteiger partial charge in [0.2, 0.25) is 5.91 Å². The van der Waals surface area contributed by atoms with Crippen LogP contribution in [0.2, 0.25) is 0 Å². The van der Waals surface area contributed by atoms with E-state index < -0.39 is 0 Å².